The van der Waals surface area contributed by atoms with E-state index in [1.54, 1.807) is 17.9 Å². The van der Waals surface area contributed by atoms with Gasteiger partial charge < -0.3 is 15.0 Å². The number of aromatic nitrogens is 2. The molecule has 172 valence electrons. The number of amides is 1. The lowest BCUT2D eigenvalue weighted by atomic mass is 9.68. The van der Waals surface area contributed by atoms with E-state index < -0.39 is 17.3 Å². The predicted molar refractivity (Wildman–Crippen MR) is 113 cm³/mol. The largest absolute Gasteiger partial charge is 0.390 e. The third kappa shape index (κ3) is 3.71. The molecule has 1 aromatic carbocycles. The summed E-state index contributed by atoms with van der Waals surface area (Å²) in [7, 11) is 1.74. The van der Waals surface area contributed by atoms with Gasteiger partial charge in [0.15, 0.2) is 0 Å². The van der Waals surface area contributed by atoms with Gasteiger partial charge in [0.2, 0.25) is 5.92 Å². The molecule has 3 aliphatic rings. The lowest BCUT2D eigenvalue weighted by molar-refractivity contribution is -0.176. The summed E-state index contributed by atoms with van der Waals surface area (Å²) in [5.41, 5.74) is 0.531. The first-order valence-electron chi connectivity index (χ1n) is 10.9. The lowest BCUT2D eigenvalue weighted by Crippen LogP contribution is -2.49. The zero-order chi connectivity index (χ0) is 22.8. The Hall–Kier alpha value is -2.06. The highest BCUT2D eigenvalue weighted by atomic mass is 35.5. The maximum atomic E-state index is 13.4. The summed E-state index contributed by atoms with van der Waals surface area (Å²) in [6.07, 6.45) is 3.79. The van der Waals surface area contributed by atoms with Crippen molar-refractivity contribution in [2.45, 2.75) is 56.0 Å². The highest BCUT2D eigenvalue weighted by molar-refractivity contribution is 6.31. The number of hydrogen-bond acceptors (Lipinski definition) is 3. The SMILES string of the molecule is Cn1cnc(C2CC3CC(O)(C4CC(F)(F)C4)CC3C2)c1C(=O)Nc1ccc(F)c(Cl)c1. The molecule has 3 saturated carbocycles. The molecule has 5 rings (SSSR count). The topological polar surface area (TPSA) is 67.1 Å². The Kier molecular flexibility index (Phi) is 5.09. The maximum absolute atomic E-state index is 13.4. The van der Waals surface area contributed by atoms with Gasteiger partial charge in [0.25, 0.3) is 5.91 Å². The van der Waals surface area contributed by atoms with E-state index in [1.807, 2.05) is 0 Å². The van der Waals surface area contributed by atoms with E-state index in [4.69, 9.17) is 11.6 Å². The van der Waals surface area contributed by atoms with Gasteiger partial charge in [0.1, 0.15) is 11.5 Å². The minimum Gasteiger partial charge on any atom is -0.390 e. The van der Waals surface area contributed by atoms with E-state index >= 15 is 0 Å². The molecular formula is C23H25ClF3N3O2. The van der Waals surface area contributed by atoms with Crippen LogP contribution in [0.15, 0.2) is 24.5 Å². The van der Waals surface area contributed by atoms with E-state index in [-0.39, 0.29) is 47.4 Å². The van der Waals surface area contributed by atoms with E-state index in [9.17, 15) is 23.1 Å². The smallest absolute Gasteiger partial charge is 0.274 e. The van der Waals surface area contributed by atoms with Crippen molar-refractivity contribution >= 4 is 23.2 Å². The van der Waals surface area contributed by atoms with Crippen LogP contribution in [0.5, 0.6) is 0 Å². The van der Waals surface area contributed by atoms with Gasteiger partial charge in [-0.1, -0.05) is 11.6 Å². The lowest BCUT2D eigenvalue weighted by Gasteiger charge is -2.44. The van der Waals surface area contributed by atoms with Crippen molar-refractivity contribution in [3.8, 4) is 0 Å². The predicted octanol–water partition coefficient (Wildman–Crippen LogP) is 5.14. The number of nitrogens with one attached hydrogen (secondary N) is 1. The van der Waals surface area contributed by atoms with Crippen molar-refractivity contribution in [2.24, 2.45) is 24.8 Å². The molecule has 9 heteroatoms. The van der Waals surface area contributed by atoms with Crippen LogP contribution in [0, 0.1) is 23.6 Å². The zero-order valence-electron chi connectivity index (χ0n) is 17.6. The molecule has 1 aromatic heterocycles. The second kappa shape index (κ2) is 7.48. The standard InChI is InChI=1S/C23H25ClF3N3O2/c1-30-11-28-19(20(30)21(31)29-16-2-3-18(25)17(24)6-16)12-4-13-7-22(32,8-14(13)5-12)15-9-23(26,27)10-15/h2-3,6,11-15,32H,4-5,7-10H2,1H3,(H,29,31). The quantitative estimate of drug-likeness (QED) is 0.654. The number of aryl methyl sites for hydroxylation is 1. The maximum Gasteiger partial charge on any atom is 0.274 e. The number of nitrogens with zero attached hydrogens (tertiary/aromatic N) is 2. The molecule has 2 N–H and O–H groups in total. The number of aliphatic hydroxyl groups is 1. The van der Waals surface area contributed by atoms with Crippen molar-refractivity contribution in [2.75, 3.05) is 5.32 Å². The van der Waals surface area contributed by atoms with Crippen LogP contribution in [0.25, 0.3) is 0 Å². The average molecular weight is 468 g/mol. The summed E-state index contributed by atoms with van der Waals surface area (Å²) in [5.74, 6) is -3.31. The summed E-state index contributed by atoms with van der Waals surface area (Å²) >= 11 is 5.81. The molecule has 0 spiro atoms. The minimum atomic E-state index is -2.63. The molecule has 0 saturated heterocycles. The van der Waals surface area contributed by atoms with Gasteiger partial charge in [-0.15, -0.1) is 0 Å². The summed E-state index contributed by atoms with van der Waals surface area (Å²) in [4.78, 5) is 17.5. The normalized spacial score (nSPS) is 31.4. The summed E-state index contributed by atoms with van der Waals surface area (Å²) in [5, 5.41) is 13.7. The Morgan fingerprint density at radius 3 is 2.47 bits per heavy atom. The van der Waals surface area contributed by atoms with Crippen LogP contribution >= 0.6 is 11.6 Å². The molecule has 2 aromatic rings. The molecule has 0 aliphatic heterocycles. The number of hydrogen-bond donors (Lipinski definition) is 2. The number of imidazole rings is 1. The zero-order valence-corrected chi connectivity index (χ0v) is 18.4. The number of anilines is 1. The van der Waals surface area contributed by atoms with Crippen LogP contribution in [0.3, 0.4) is 0 Å². The van der Waals surface area contributed by atoms with Crippen LogP contribution in [0.4, 0.5) is 18.9 Å². The molecule has 3 aliphatic carbocycles. The van der Waals surface area contributed by atoms with Crippen molar-refractivity contribution in [3.05, 3.63) is 46.8 Å². The first kappa shape index (κ1) is 21.8. The average Bonchev–Trinajstić information content (AvgIpc) is 3.34. The third-order valence-corrected chi connectivity index (χ3v) is 7.96. The van der Waals surface area contributed by atoms with Crippen molar-refractivity contribution < 1.29 is 23.1 Å². The van der Waals surface area contributed by atoms with Crippen molar-refractivity contribution in [3.63, 3.8) is 0 Å². The molecule has 2 unspecified atom stereocenters. The van der Waals surface area contributed by atoms with Crippen LogP contribution in [0.2, 0.25) is 5.02 Å². The minimum absolute atomic E-state index is 0.0659. The van der Waals surface area contributed by atoms with E-state index in [1.165, 1.54) is 18.2 Å². The summed E-state index contributed by atoms with van der Waals surface area (Å²) < 4.78 is 41.7. The molecule has 3 fully saturated rings. The van der Waals surface area contributed by atoms with Gasteiger partial charge in [0.05, 0.1) is 22.6 Å². The van der Waals surface area contributed by atoms with Gasteiger partial charge in [-0.3, -0.25) is 4.79 Å². The number of benzene rings is 1. The number of rotatable bonds is 4. The van der Waals surface area contributed by atoms with E-state index in [0.29, 0.717) is 29.9 Å². The molecule has 5 nitrogen and oxygen atoms in total. The molecule has 1 amide bonds. The Morgan fingerprint density at radius 2 is 1.88 bits per heavy atom. The van der Waals surface area contributed by atoms with Crippen molar-refractivity contribution in [1.82, 2.24) is 9.55 Å². The fourth-order valence-electron chi connectivity index (χ4n) is 6.09. The van der Waals surface area contributed by atoms with Gasteiger partial charge >= 0.3 is 0 Å². The second-order valence-electron chi connectivity index (χ2n) is 9.83. The Balaban J connectivity index is 1.29. The Bertz CT molecular complexity index is 1050. The van der Waals surface area contributed by atoms with Crippen LogP contribution < -0.4 is 5.32 Å². The number of halogens is 4. The van der Waals surface area contributed by atoms with Gasteiger partial charge in [-0.05, 0) is 61.6 Å². The number of carbonyl (C=O) groups excluding carboxylic acids is 1. The summed E-state index contributed by atoms with van der Waals surface area (Å²) in [6.45, 7) is 0. The third-order valence-electron chi connectivity index (χ3n) is 7.67. The van der Waals surface area contributed by atoms with Gasteiger partial charge in [-0.2, -0.15) is 0 Å². The fraction of sp³-hybridized carbons (Fsp3) is 0.565. The molecule has 0 radical (unpaired) electrons. The second-order valence-corrected chi connectivity index (χ2v) is 10.2. The van der Waals surface area contributed by atoms with Crippen LogP contribution in [0.1, 0.15) is 60.6 Å². The first-order valence-corrected chi connectivity index (χ1v) is 11.3. The van der Waals surface area contributed by atoms with Gasteiger partial charge in [0, 0.05) is 31.5 Å². The number of fused-ring (bicyclic) bond motifs is 1. The Morgan fingerprint density at radius 1 is 1.22 bits per heavy atom. The first-order chi connectivity index (χ1) is 15.0. The fourth-order valence-corrected chi connectivity index (χ4v) is 6.27. The van der Waals surface area contributed by atoms with Crippen LogP contribution in [-0.4, -0.2) is 32.1 Å². The number of alkyl halides is 2. The summed E-state index contributed by atoms with van der Waals surface area (Å²) in [6, 6.07) is 3.99. The highest BCUT2D eigenvalue weighted by Gasteiger charge is 2.59. The highest BCUT2D eigenvalue weighted by Crippen LogP contribution is 2.60. The molecule has 32 heavy (non-hydrogen) atoms. The van der Waals surface area contributed by atoms with Crippen LogP contribution in [-0.2, 0) is 7.05 Å². The molecule has 1 heterocycles. The molecular weight excluding hydrogens is 443 g/mol. The number of carbonyl (C=O) groups is 1. The monoisotopic (exact) mass is 467 g/mol. The van der Waals surface area contributed by atoms with Crippen molar-refractivity contribution in [1.29, 1.82) is 0 Å². The molecule has 0 bridgehead atoms. The molecule has 2 atom stereocenters. The van der Waals surface area contributed by atoms with Gasteiger partial charge in [-0.25, -0.2) is 18.2 Å². The van der Waals surface area contributed by atoms with E-state index in [2.05, 4.69) is 10.3 Å². The Labute approximate surface area is 189 Å². The van der Waals surface area contributed by atoms with E-state index in [0.717, 1.165) is 12.8 Å².